The number of rotatable bonds is 3. The van der Waals surface area contributed by atoms with E-state index in [2.05, 4.69) is 16.0 Å². The normalized spacial score (nSPS) is 29.2. The number of carbonyl (C=O) groups is 2. The second kappa shape index (κ2) is 6.75. The van der Waals surface area contributed by atoms with Crippen LogP contribution in [0.5, 0.6) is 0 Å². The van der Waals surface area contributed by atoms with Gasteiger partial charge in [-0.25, -0.2) is 4.79 Å². The Morgan fingerprint density at radius 2 is 2.21 bits per heavy atom. The predicted molar refractivity (Wildman–Crippen MR) is 70.8 cm³/mol. The van der Waals surface area contributed by atoms with Gasteiger partial charge in [-0.3, -0.25) is 4.79 Å². The number of nitrogens with one attached hydrogen (secondary N) is 3. The number of hydrogen-bond acceptors (Lipinski definition) is 3. The van der Waals surface area contributed by atoms with Crippen LogP contribution in [-0.4, -0.2) is 43.3 Å². The molecule has 3 atom stereocenters. The smallest absolute Gasteiger partial charge is 0.315 e. The van der Waals surface area contributed by atoms with Gasteiger partial charge in [-0.05, 0) is 39.0 Å². The van der Waals surface area contributed by atoms with Crippen molar-refractivity contribution >= 4 is 11.9 Å². The van der Waals surface area contributed by atoms with Crippen LogP contribution in [0.25, 0.3) is 0 Å². The van der Waals surface area contributed by atoms with Crippen LogP contribution in [-0.2, 0) is 9.53 Å². The van der Waals surface area contributed by atoms with Gasteiger partial charge in [0.05, 0.1) is 12.1 Å². The Morgan fingerprint density at radius 1 is 1.37 bits per heavy atom. The zero-order valence-electron chi connectivity index (χ0n) is 11.4. The molecule has 6 nitrogen and oxygen atoms in total. The molecule has 0 spiro atoms. The summed E-state index contributed by atoms with van der Waals surface area (Å²) in [4.78, 5) is 23.4. The first-order chi connectivity index (χ1) is 9.16. The minimum Gasteiger partial charge on any atom is -0.376 e. The van der Waals surface area contributed by atoms with Gasteiger partial charge in [0, 0.05) is 13.2 Å². The maximum absolute atomic E-state index is 11.9. The lowest BCUT2D eigenvalue weighted by molar-refractivity contribution is -0.124. The van der Waals surface area contributed by atoms with Crippen LogP contribution in [0.4, 0.5) is 4.79 Å². The van der Waals surface area contributed by atoms with Crippen molar-refractivity contribution in [3.05, 3.63) is 0 Å². The summed E-state index contributed by atoms with van der Waals surface area (Å²) in [5.41, 5.74) is 0. The van der Waals surface area contributed by atoms with Crippen LogP contribution in [0.3, 0.4) is 0 Å². The Kier molecular flexibility index (Phi) is 5.01. The van der Waals surface area contributed by atoms with Gasteiger partial charge in [-0.15, -0.1) is 0 Å². The van der Waals surface area contributed by atoms with E-state index in [4.69, 9.17) is 4.74 Å². The molecule has 19 heavy (non-hydrogen) atoms. The first kappa shape index (κ1) is 14.1. The highest BCUT2D eigenvalue weighted by atomic mass is 16.5. The fraction of sp³-hybridized carbons (Fsp3) is 0.846. The number of amides is 3. The summed E-state index contributed by atoms with van der Waals surface area (Å²) in [6.07, 6.45) is 4.90. The standard InChI is InChI=1S/C13H23N3O3/c1-9(11-6-2-3-8-19-11)15-13(18)16-10-5-4-7-14-12(10)17/h9-11H,2-8H2,1H3,(H,14,17)(H2,15,16,18)/t9?,10-,11?/m0/s1. The van der Waals surface area contributed by atoms with Crippen molar-refractivity contribution in [2.24, 2.45) is 0 Å². The molecular weight excluding hydrogens is 246 g/mol. The van der Waals surface area contributed by atoms with E-state index in [1.54, 1.807) is 0 Å². The summed E-state index contributed by atoms with van der Waals surface area (Å²) in [6.45, 7) is 3.41. The highest BCUT2D eigenvalue weighted by Gasteiger charge is 2.26. The third-order valence-corrected chi connectivity index (χ3v) is 3.72. The molecule has 0 aromatic carbocycles. The molecule has 2 aliphatic heterocycles. The minimum absolute atomic E-state index is 0.0352. The molecule has 108 valence electrons. The van der Waals surface area contributed by atoms with E-state index in [1.807, 2.05) is 6.92 Å². The van der Waals surface area contributed by atoms with Crippen molar-refractivity contribution in [3.63, 3.8) is 0 Å². The van der Waals surface area contributed by atoms with Crippen LogP contribution >= 0.6 is 0 Å². The molecule has 2 unspecified atom stereocenters. The molecule has 2 aliphatic rings. The highest BCUT2D eigenvalue weighted by molar-refractivity contribution is 5.87. The fourth-order valence-corrected chi connectivity index (χ4v) is 2.57. The summed E-state index contributed by atoms with van der Waals surface area (Å²) in [6, 6.07) is -0.733. The molecule has 2 saturated heterocycles. The monoisotopic (exact) mass is 269 g/mol. The summed E-state index contributed by atoms with van der Waals surface area (Å²) in [5, 5.41) is 8.33. The molecule has 0 aromatic heterocycles. The number of hydrogen-bond donors (Lipinski definition) is 3. The quantitative estimate of drug-likeness (QED) is 0.699. The first-order valence-corrected chi connectivity index (χ1v) is 7.13. The summed E-state index contributed by atoms with van der Waals surface area (Å²) in [5.74, 6) is -0.0945. The molecule has 3 amide bonds. The molecule has 2 rings (SSSR count). The molecule has 0 saturated carbocycles. The van der Waals surface area contributed by atoms with Crippen molar-refractivity contribution in [1.29, 1.82) is 0 Å². The Hall–Kier alpha value is -1.30. The molecule has 3 N–H and O–H groups in total. The first-order valence-electron chi connectivity index (χ1n) is 7.13. The molecule has 2 heterocycles. The molecule has 6 heteroatoms. The van der Waals surface area contributed by atoms with Crippen molar-refractivity contribution in [2.45, 2.75) is 57.2 Å². The fourth-order valence-electron chi connectivity index (χ4n) is 2.57. The Labute approximate surface area is 113 Å². The zero-order chi connectivity index (χ0) is 13.7. The van der Waals surface area contributed by atoms with Gasteiger partial charge in [-0.2, -0.15) is 0 Å². The van der Waals surface area contributed by atoms with Crippen LogP contribution in [0, 0.1) is 0 Å². The molecule has 0 bridgehead atoms. The maximum Gasteiger partial charge on any atom is 0.315 e. The van der Waals surface area contributed by atoms with Crippen LogP contribution in [0.2, 0.25) is 0 Å². The number of ether oxygens (including phenoxy) is 1. The molecule has 2 fully saturated rings. The van der Waals surface area contributed by atoms with Crippen molar-refractivity contribution in [2.75, 3.05) is 13.2 Å². The number of carbonyl (C=O) groups excluding carboxylic acids is 2. The zero-order valence-corrected chi connectivity index (χ0v) is 11.4. The third-order valence-electron chi connectivity index (χ3n) is 3.72. The van der Waals surface area contributed by atoms with Gasteiger partial charge in [0.25, 0.3) is 0 Å². The van der Waals surface area contributed by atoms with Gasteiger partial charge in [0.2, 0.25) is 5.91 Å². The lowest BCUT2D eigenvalue weighted by Gasteiger charge is -2.29. The Morgan fingerprint density at radius 3 is 2.89 bits per heavy atom. The largest absolute Gasteiger partial charge is 0.376 e. The van der Waals surface area contributed by atoms with Gasteiger partial charge in [-0.1, -0.05) is 0 Å². The molecule has 0 aliphatic carbocycles. The number of urea groups is 1. The van der Waals surface area contributed by atoms with Gasteiger partial charge < -0.3 is 20.7 Å². The van der Waals surface area contributed by atoms with Crippen LogP contribution in [0.15, 0.2) is 0 Å². The van der Waals surface area contributed by atoms with E-state index in [9.17, 15) is 9.59 Å². The van der Waals surface area contributed by atoms with E-state index < -0.39 is 6.04 Å². The van der Waals surface area contributed by atoms with E-state index >= 15 is 0 Å². The van der Waals surface area contributed by atoms with Crippen molar-refractivity contribution < 1.29 is 14.3 Å². The van der Waals surface area contributed by atoms with Gasteiger partial charge >= 0.3 is 6.03 Å². The van der Waals surface area contributed by atoms with Gasteiger partial charge in [0.1, 0.15) is 6.04 Å². The third kappa shape index (κ3) is 4.09. The second-order valence-corrected chi connectivity index (χ2v) is 5.30. The summed E-state index contributed by atoms with van der Waals surface area (Å²) in [7, 11) is 0. The van der Waals surface area contributed by atoms with Crippen molar-refractivity contribution in [3.8, 4) is 0 Å². The lowest BCUT2D eigenvalue weighted by atomic mass is 10.0. The van der Waals surface area contributed by atoms with E-state index in [0.717, 1.165) is 32.3 Å². The summed E-state index contributed by atoms with van der Waals surface area (Å²) >= 11 is 0. The number of piperidine rings is 1. The average molecular weight is 269 g/mol. The van der Waals surface area contributed by atoms with Crippen molar-refractivity contribution in [1.82, 2.24) is 16.0 Å². The Balaban J connectivity index is 1.75. The predicted octanol–water partition coefficient (Wildman–Crippen LogP) is 0.522. The average Bonchev–Trinajstić information content (AvgIpc) is 2.42. The molecule has 0 radical (unpaired) electrons. The molecular formula is C13H23N3O3. The second-order valence-electron chi connectivity index (χ2n) is 5.30. The van der Waals surface area contributed by atoms with Crippen LogP contribution < -0.4 is 16.0 Å². The van der Waals surface area contributed by atoms with Gasteiger partial charge in [0.15, 0.2) is 0 Å². The minimum atomic E-state index is -0.409. The molecule has 0 aromatic rings. The van der Waals surface area contributed by atoms with Crippen LogP contribution in [0.1, 0.15) is 39.0 Å². The topological polar surface area (TPSA) is 79.5 Å². The SMILES string of the molecule is CC(NC(=O)N[C@H]1CCCNC1=O)C1CCCCO1. The maximum atomic E-state index is 11.9. The highest BCUT2D eigenvalue weighted by Crippen LogP contribution is 2.15. The van der Waals surface area contributed by atoms with E-state index in [1.165, 1.54) is 0 Å². The lowest BCUT2D eigenvalue weighted by Crippen LogP contribution is -2.55. The summed E-state index contributed by atoms with van der Waals surface area (Å²) < 4.78 is 5.63. The van der Waals surface area contributed by atoms with E-state index in [-0.39, 0.29) is 24.1 Å². The Bertz CT molecular complexity index is 329. The van der Waals surface area contributed by atoms with E-state index in [0.29, 0.717) is 13.0 Å².